The molecule has 2 heterocycles. The summed E-state index contributed by atoms with van der Waals surface area (Å²) in [6, 6.07) is 9.47. The van der Waals surface area contributed by atoms with Crippen molar-refractivity contribution in [2.45, 2.75) is 17.4 Å². The van der Waals surface area contributed by atoms with Gasteiger partial charge in [0.25, 0.3) is 0 Å². The molecule has 2 aromatic rings. The Kier molecular flexibility index (Phi) is 7.80. The summed E-state index contributed by atoms with van der Waals surface area (Å²) in [6.07, 6.45) is 2.01. The van der Waals surface area contributed by atoms with E-state index in [1.54, 1.807) is 24.5 Å². The molecule has 1 aliphatic rings. The van der Waals surface area contributed by atoms with Gasteiger partial charge in [0.15, 0.2) is 0 Å². The van der Waals surface area contributed by atoms with Crippen LogP contribution in [0.4, 0.5) is 0 Å². The molecular formula is C20H26N4O6S. The van der Waals surface area contributed by atoms with Crippen LogP contribution in [0.3, 0.4) is 0 Å². The van der Waals surface area contributed by atoms with Crippen LogP contribution in [0.25, 0.3) is 0 Å². The topological polar surface area (TPSA) is 144 Å². The highest BCUT2D eigenvalue weighted by Crippen LogP contribution is 2.21. The second-order valence-corrected chi connectivity index (χ2v) is 8.65. The van der Waals surface area contributed by atoms with Gasteiger partial charge < -0.3 is 19.8 Å². The smallest absolute Gasteiger partial charge is 0.309 e. The van der Waals surface area contributed by atoms with Crippen LogP contribution < -0.4 is 15.8 Å². The first kappa shape index (κ1) is 22.9. The van der Waals surface area contributed by atoms with Crippen molar-refractivity contribution in [1.82, 2.24) is 15.5 Å². The van der Waals surface area contributed by atoms with Gasteiger partial charge in [-0.15, -0.1) is 0 Å². The SMILES string of the molecule is NS(=O)(=O)c1ccc(CCNC(=O)C(=O)NC[C@@H](c2ccco2)N2CCOCC2)cc1. The van der Waals surface area contributed by atoms with Gasteiger partial charge in [-0.3, -0.25) is 14.5 Å². The van der Waals surface area contributed by atoms with E-state index >= 15 is 0 Å². The van der Waals surface area contributed by atoms with Crippen LogP contribution in [0.15, 0.2) is 52.0 Å². The van der Waals surface area contributed by atoms with Crippen molar-refractivity contribution in [1.29, 1.82) is 0 Å². The Morgan fingerprint density at radius 3 is 2.35 bits per heavy atom. The molecule has 0 saturated carbocycles. The molecule has 0 bridgehead atoms. The van der Waals surface area contributed by atoms with Gasteiger partial charge in [0.1, 0.15) is 5.76 Å². The molecule has 0 radical (unpaired) electrons. The Morgan fingerprint density at radius 1 is 1.06 bits per heavy atom. The third kappa shape index (κ3) is 6.62. The van der Waals surface area contributed by atoms with Gasteiger partial charge in [0, 0.05) is 26.2 Å². The van der Waals surface area contributed by atoms with Crippen LogP contribution in [-0.4, -0.2) is 64.5 Å². The monoisotopic (exact) mass is 450 g/mol. The zero-order valence-corrected chi connectivity index (χ0v) is 17.8. The molecule has 3 rings (SSSR count). The highest BCUT2D eigenvalue weighted by Gasteiger charge is 2.26. The molecule has 0 aliphatic carbocycles. The number of ether oxygens (including phenoxy) is 1. The van der Waals surface area contributed by atoms with Crippen LogP contribution in [0, 0.1) is 0 Å². The van der Waals surface area contributed by atoms with Gasteiger partial charge in [-0.25, -0.2) is 13.6 Å². The first-order valence-electron chi connectivity index (χ1n) is 9.87. The average molecular weight is 451 g/mol. The predicted octanol–water partition coefficient (Wildman–Crippen LogP) is -0.225. The second kappa shape index (κ2) is 10.5. The molecule has 168 valence electrons. The molecule has 1 aromatic carbocycles. The summed E-state index contributed by atoms with van der Waals surface area (Å²) in [5, 5.41) is 10.3. The van der Waals surface area contributed by atoms with Gasteiger partial charge in [0.2, 0.25) is 10.0 Å². The number of carbonyl (C=O) groups is 2. The molecular weight excluding hydrogens is 424 g/mol. The highest BCUT2D eigenvalue weighted by molar-refractivity contribution is 7.89. The lowest BCUT2D eigenvalue weighted by atomic mass is 10.1. The second-order valence-electron chi connectivity index (χ2n) is 7.08. The van der Waals surface area contributed by atoms with Gasteiger partial charge in [-0.2, -0.15) is 0 Å². The zero-order chi connectivity index (χ0) is 22.3. The van der Waals surface area contributed by atoms with Crippen molar-refractivity contribution in [2.75, 3.05) is 39.4 Å². The van der Waals surface area contributed by atoms with Crippen molar-refractivity contribution in [3.05, 3.63) is 54.0 Å². The number of nitrogens with two attached hydrogens (primary N) is 1. The molecule has 1 fully saturated rings. The summed E-state index contributed by atoms with van der Waals surface area (Å²) < 4.78 is 33.4. The maximum Gasteiger partial charge on any atom is 0.309 e. The van der Waals surface area contributed by atoms with Crippen LogP contribution >= 0.6 is 0 Å². The molecule has 0 unspecified atom stereocenters. The molecule has 1 atom stereocenters. The average Bonchev–Trinajstić information content (AvgIpc) is 3.29. The molecule has 1 aromatic heterocycles. The number of rotatable bonds is 8. The molecule has 1 saturated heterocycles. The quantitative estimate of drug-likeness (QED) is 0.472. The molecule has 11 heteroatoms. The largest absolute Gasteiger partial charge is 0.468 e. The standard InChI is InChI=1S/C20H26N4O6S/c21-31(27,28)16-5-3-15(4-6-16)7-8-22-19(25)20(26)23-14-17(18-2-1-11-30-18)24-9-12-29-13-10-24/h1-6,11,17H,7-10,12-14H2,(H,22,25)(H,23,26)(H2,21,27,28)/t17-/m0/s1. The number of hydrogen-bond donors (Lipinski definition) is 3. The van der Waals surface area contributed by atoms with E-state index in [9.17, 15) is 18.0 Å². The normalized spacial score (nSPS) is 15.9. The number of amides is 2. The van der Waals surface area contributed by atoms with E-state index < -0.39 is 21.8 Å². The molecule has 4 N–H and O–H groups in total. The van der Waals surface area contributed by atoms with E-state index in [1.165, 1.54) is 12.1 Å². The molecule has 0 spiro atoms. The third-order valence-corrected chi connectivity index (χ3v) is 5.90. The number of nitrogens with zero attached hydrogens (tertiary/aromatic N) is 1. The number of hydrogen-bond acceptors (Lipinski definition) is 7. The number of carbonyl (C=O) groups excluding carboxylic acids is 2. The number of benzene rings is 1. The Bertz CT molecular complexity index is 970. The fourth-order valence-electron chi connectivity index (χ4n) is 3.30. The lowest BCUT2D eigenvalue weighted by Crippen LogP contribution is -2.46. The lowest BCUT2D eigenvalue weighted by Gasteiger charge is -2.33. The molecule has 1 aliphatic heterocycles. The third-order valence-electron chi connectivity index (χ3n) is 4.97. The summed E-state index contributed by atoms with van der Waals surface area (Å²) in [7, 11) is -3.74. The van der Waals surface area contributed by atoms with E-state index in [4.69, 9.17) is 14.3 Å². The fraction of sp³-hybridized carbons (Fsp3) is 0.400. The van der Waals surface area contributed by atoms with Crippen molar-refractivity contribution < 1.29 is 27.2 Å². The number of nitrogens with one attached hydrogen (secondary N) is 2. The van der Waals surface area contributed by atoms with Crippen LogP contribution in [0.1, 0.15) is 17.4 Å². The summed E-state index contributed by atoms with van der Waals surface area (Å²) >= 11 is 0. The Balaban J connectivity index is 1.46. The summed E-state index contributed by atoms with van der Waals surface area (Å²) in [5.41, 5.74) is 0.804. The van der Waals surface area contributed by atoms with Crippen molar-refractivity contribution in [2.24, 2.45) is 5.14 Å². The molecule has 10 nitrogen and oxygen atoms in total. The summed E-state index contributed by atoms with van der Waals surface area (Å²) in [5.74, 6) is -0.749. The molecule has 31 heavy (non-hydrogen) atoms. The Morgan fingerprint density at radius 2 is 1.74 bits per heavy atom. The van der Waals surface area contributed by atoms with E-state index in [-0.39, 0.29) is 24.0 Å². The first-order valence-corrected chi connectivity index (χ1v) is 11.4. The van der Waals surface area contributed by atoms with E-state index in [1.807, 2.05) is 6.07 Å². The lowest BCUT2D eigenvalue weighted by molar-refractivity contribution is -0.139. The maximum absolute atomic E-state index is 12.2. The van der Waals surface area contributed by atoms with Gasteiger partial charge >= 0.3 is 11.8 Å². The van der Waals surface area contributed by atoms with Crippen molar-refractivity contribution in [3.8, 4) is 0 Å². The van der Waals surface area contributed by atoms with E-state index in [0.29, 0.717) is 38.5 Å². The Hall–Kier alpha value is -2.73. The minimum atomic E-state index is -3.74. The molecule has 2 amide bonds. The van der Waals surface area contributed by atoms with Crippen LogP contribution in [0.5, 0.6) is 0 Å². The van der Waals surface area contributed by atoms with Crippen molar-refractivity contribution >= 4 is 21.8 Å². The van der Waals surface area contributed by atoms with Crippen LogP contribution in [0.2, 0.25) is 0 Å². The highest BCUT2D eigenvalue weighted by atomic mass is 32.2. The first-order chi connectivity index (χ1) is 14.8. The van der Waals surface area contributed by atoms with Gasteiger partial charge in [-0.05, 0) is 36.2 Å². The minimum absolute atomic E-state index is 0.0195. The number of furan rings is 1. The van der Waals surface area contributed by atoms with E-state index in [2.05, 4.69) is 15.5 Å². The predicted molar refractivity (Wildman–Crippen MR) is 111 cm³/mol. The number of sulfonamides is 1. The number of primary sulfonamides is 1. The van der Waals surface area contributed by atoms with Crippen molar-refractivity contribution in [3.63, 3.8) is 0 Å². The summed E-state index contributed by atoms with van der Waals surface area (Å²) in [4.78, 5) is 26.5. The van der Waals surface area contributed by atoms with Gasteiger partial charge in [0.05, 0.1) is 30.4 Å². The Labute approximate surface area is 180 Å². The van der Waals surface area contributed by atoms with Gasteiger partial charge in [-0.1, -0.05) is 12.1 Å². The maximum atomic E-state index is 12.2. The number of morpholine rings is 1. The fourth-order valence-corrected chi connectivity index (χ4v) is 3.81. The van der Waals surface area contributed by atoms with Crippen LogP contribution in [-0.2, 0) is 30.8 Å². The zero-order valence-electron chi connectivity index (χ0n) is 17.0. The van der Waals surface area contributed by atoms with E-state index in [0.717, 1.165) is 5.56 Å². The minimum Gasteiger partial charge on any atom is -0.468 e. The summed E-state index contributed by atoms with van der Waals surface area (Å²) in [6.45, 7) is 3.07.